The minimum absolute atomic E-state index is 0.0304. The normalized spacial score (nSPS) is 11.7. The highest BCUT2D eigenvalue weighted by Gasteiger charge is 2.10. The van der Waals surface area contributed by atoms with Gasteiger partial charge < -0.3 is 10.1 Å². The van der Waals surface area contributed by atoms with E-state index in [1.165, 1.54) is 0 Å². The highest BCUT2D eigenvalue weighted by atomic mass is 16.5. The first-order valence-electron chi connectivity index (χ1n) is 6.04. The maximum atomic E-state index is 11.9. The molecule has 1 N–H and O–H groups in total. The van der Waals surface area contributed by atoms with E-state index in [1.54, 1.807) is 18.2 Å². The topological polar surface area (TPSA) is 38.3 Å². The SMILES string of the molecule is C#CCC(C)NC(=O)c1cccc(OC(C)C)c1. The molecule has 1 atom stereocenters. The van der Waals surface area contributed by atoms with E-state index in [2.05, 4.69) is 11.2 Å². The summed E-state index contributed by atoms with van der Waals surface area (Å²) in [6, 6.07) is 7.10. The van der Waals surface area contributed by atoms with Crippen LogP contribution in [-0.2, 0) is 0 Å². The van der Waals surface area contributed by atoms with E-state index in [1.807, 2.05) is 26.8 Å². The first-order valence-corrected chi connectivity index (χ1v) is 6.04. The molecule has 18 heavy (non-hydrogen) atoms. The van der Waals surface area contributed by atoms with Crippen molar-refractivity contribution in [3.63, 3.8) is 0 Å². The highest BCUT2D eigenvalue weighted by Crippen LogP contribution is 2.15. The molecule has 1 aromatic carbocycles. The molecule has 0 saturated heterocycles. The average Bonchev–Trinajstić information content (AvgIpc) is 2.28. The van der Waals surface area contributed by atoms with Crippen LogP contribution in [-0.4, -0.2) is 18.1 Å². The molecule has 0 saturated carbocycles. The van der Waals surface area contributed by atoms with Crippen molar-refractivity contribution in [1.29, 1.82) is 0 Å². The van der Waals surface area contributed by atoms with Gasteiger partial charge in [-0.25, -0.2) is 0 Å². The van der Waals surface area contributed by atoms with Crippen molar-refractivity contribution in [3.05, 3.63) is 29.8 Å². The van der Waals surface area contributed by atoms with Crippen molar-refractivity contribution >= 4 is 5.91 Å². The van der Waals surface area contributed by atoms with Crippen molar-refractivity contribution < 1.29 is 9.53 Å². The largest absolute Gasteiger partial charge is 0.491 e. The molecule has 0 aliphatic rings. The van der Waals surface area contributed by atoms with Crippen molar-refractivity contribution in [2.24, 2.45) is 0 Å². The summed E-state index contributed by atoms with van der Waals surface area (Å²) < 4.78 is 5.55. The lowest BCUT2D eigenvalue weighted by atomic mass is 10.1. The molecule has 3 nitrogen and oxygen atoms in total. The number of rotatable bonds is 5. The van der Waals surface area contributed by atoms with Crippen molar-refractivity contribution in [2.75, 3.05) is 0 Å². The van der Waals surface area contributed by atoms with Crippen LogP contribution in [0, 0.1) is 12.3 Å². The fourth-order valence-corrected chi connectivity index (χ4v) is 1.52. The molecule has 0 radical (unpaired) electrons. The molecule has 0 aliphatic heterocycles. The molecule has 0 aliphatic carbocycles. The average molecular weight is 245 g/mol. The van der Waals surface area contributed by atoms with E-state index in [4.69, 9.17) is 11.2 Å². The number of carbonyl (C=O) groups is 1. The summed E-state index contributed by atoms with van der Waals surface area (Å²) in [4.78, 5) is 11.9. The predicted molar refractivity (Wildman–Crippen MR) is 72.6 cm³/mol. The third kappa shape index (κ3) is 4.50. The molecule has 1 rings (SSSR count). The van der Waals surface area contributed by atoms with Gasteiger partial charge in [-0.3, -0.25) is 4.79 Å². The van der Waals surface area contributed by atoms with E-state index < -0.39 is 0 Å². The Morgan fingerprint density at radius 3 is 2.78 bits per heavy atom. The summed E-state index contributed by atoms with van der Waals surface area (Å²) in [6.07, 6.45) is 5.81. The Kier molecular flexibility index (Phi) is 5.26. The van der Waals surface area contributed by atoms with Crippen LogP contribution < -0.4 is 10.1 Å². The maximum Gasteiger partial charge on any atom is 0.251 e. The summed E-state index contributed by atoms with van der Waals surface area (Å²) in [5.41, 5.74) is 0.581. The number of hydrogen-bond acceptors (Lipinski definition) is 2. The lowest BCUT2D eigenvalue weighted by Crippen LogP contribution is -2.32. The van der Waals surface area contributed by atoms with Crippen LogP contribution >= 0.6 is 0 Å². The minimum Gasteiger partial charge on any atom is -0.491 e. The Morgan fingerprint density at radius 1 is 1.44 bits per heavy atom. The van der Waals surface area contributed by atoms with Gasteiger partial charge in [0.15, 0.2) is 0 Å². The zero-order valence-electron chi connectivity index (χ0n) is 11.1. The van der Waals surface area contributed by atoms with Gasteiger partial charge >= 0.3 is 0 Å². The molecular weight excluding hydrogens is 226 g/mol. The smallest absolute Gasteiger partial charge is 0.251 e. The van der Waals surface area contributed by atoms with E-state index in [0.717, 1.165) is 0 Å². The van der Waals surface area contributed by atoms with Crippen LogP contribution in [0.25, 0.3) is 0 Å². The second-order valence-corrected chi connectivity index (χ2v) is 4.48. The lowest BCUT2D eigenvalue weighted by Gasteiger charge is -2.13. The molecule has 0 aromatic heterocycles. The molecule has 1 aromatic rings. The quantitative estimate of drug-likeness (QED) is 0.810. The first-order chi connectivity index (χ1) is 8.52. The van der Waals surface area contributed by atoms with Crippen LogP contribution in [0.3, 0.4) is 0 Å². The number of amides is 1. The van der Waals surface area contributed by atoms with E-state index in [-0.39, 0.29) is 18.1 Å². The predicted octanol–water partition coefficient (Wildman–Crippen LogP) is 2.62. The van der Waals surface area contributed by atoms with Gasteiger partial charge in [0.2, 0.25) is 0 Å². The van der Waals surface area contributed by atoms with Crippen LogP contribution in [0.4, 0.5) is 0 Å². The van der Waals surface area contributed by atoms with Crippen molar-refractivity contribution in [3.8, 4) is 18.1 Å². The third-order valence-corrected chi connectivity index (χ3v) is 2.27. The molecule has 1 amide bonds. The van der Waals surface area contributed by atoms with Gasteiger partial charge in [-0.2, -0.15) is 0 Å². The van der Waals surface area contributed by atoms with E-state index in [0.29, 0.717) is 17.7 Å². The molecule has 0 spiro atoms. The summed E-state index contributed by atoms with van der Waals surface area (Å²) in [6.45, 7) is 5.77. The number of nitrogens with one attached hydrogen (secondary N) is 1. The fourth-order valence-electron chi connectivity index (χ4n) is 1.52. The molecule has 0 bridgehead atoms. The summed E-state index contributed by atoms with van der Waals surface area (Å²) in [7, 11) is 0. The van der Waals surface area contributed by atoms with Gasteiger partial charge in [-0.15, -0.1) is 12.3 Å². The Balaban J connectivity index is 2.71. The Morgan fingerprint density at radius 2 is 2.17 bits per heavy atom. The number of carbonyl (C=O) groups excluding carboxylic acids is 1. The highest BCUT2D eigenvalue weighted by molar-refractivity contribution is 5.94. The summed E-state index contributed by atoms with van der Waals surface area (Å²) in [5.74, 6) is 3.09. The van der Waals surface area contributed by atoms with Gasteiger partial charge in [0.1, 0.15) is 5.75 Å². The monoisotopic (exact) mass is 245 g/mol. The fraction of sp³-hybridized carbons (Fsp3) is 0.400. The van der Waals surface area contributed by atoms with Crippen LogP contribution in [0.5, 0.6) is 5.75 Å². The second kappa shape index (κ2) is 6.70. The molecule has 1 unspecified atom stereocenters. The maximum absolute atomic E-state index is 11.9. The van der Waals surface area contributed by atoms with Crippen molar-refractivity contribution in [1.82, 2.24) is 5.32 Å². The van der Waals surface area contributed by atoms with E-state index >= 15 is 0 Å². The number of benzene rings is 1. The van der Waals surface area contributed by atoms with Crippen LogP contribution in [0.15, 0.2) is 24.3 Å². The molecule has 0 fully saturated rings. The van der Waals surface area contributed by atoms with Crippen molar-refractivity contribution in [2.45, 2.75) is 39.3 Å². The second-order valence-electron chi connectivity index (χ2n) is 4.48. The summed E-state index contributed by atoms with van der Waals surface area (Å²) in [5, 5.41) is 2.84. The number of terminal acetylenes is 1. The van der Waals surface area contributed by atoms with E-state index in [9.17, 15) is 4.79 Å². The Bertz CT molecular complexity index is 446. The van der Waals surface area contributed by atoms with Gasteiger partial charge in [-0.05, 0) is 39.0 Å². The van der Waals surface area contributed by atoms with Crippen LogP contribution in [0.2, 0.25) is 0 Å². The minimum atomic E-state index is -0.132. The van der Waals surface area contributed by atoms with Gasteiger partial charge in [0, 0.05) is 18.0 Å². The summed E-state index contributed by atoms with van der Waals surface area (Å²) >= 11 is 0. The molecule has 3 heteroatoms. The zero-order chi connectivity index (χ0) is 13.5. The Labute approximate surface area is 109 Å². The van der Waals surface area contributed by atoms with Gasteiger partial charge in [0.05, 0.1) is 6.10 Å². The molecule has 96 valence electrons. The zero-order valence-corrected chi connectivity index (χ0v) is 11.1. The molecule has 0 heterocycles. The van der Waals surface area contributed by atoms with Gasteiger partial charge in [0.25, 0.3) is 5.91 Å². The Hall–Kier alpha value is -1.95. The first kappa shape index (κ1) is 14.1. The van der Waals surface area contributed by atoms with Crippen LogP contribution in [0.1, 0.15) is 37.6 Å². The standard InChI is InChI=1S/C15H19NO2/c1-5-7-12(4)16-15(17)13-8-6-9-14(10-13)18-11(2)3/h1,6,8-12H,7H2,2-4H3,(H,16,17). The number of hydrogen-bond donors (Lipinski definition) is 1. The number of ether oxygens (including phenoxy) is 1. The van der Waals surface area contributed by atoms with Gasteiger partial charge in [-0.1, -0.05) is 6.07 Å². The molecular formula is C15H19NO2. The lowest BCUT2D eigenvalue weighted by molar-refractivity contribution is 0.0940. The third-order valence-electron chi connectivity index (χ3n) is 2.27.